The summed E-state index contributed by atoms with van der Waals surface area (Å²) in [6.07, 6.45) is 6.04. The molecule has 1 aromatic heterocycles. The van der Waals surface area contributed by atoms with E-state index >= 15 is 0 Å². The van der Waals surface area contributed by atoms with Crippen molar-refractivity contribution in [3.8, 4) is 5.88 Å². The number of aromatic nitrogens is 1. The molecular weight excluding hydrogens is 314 g/mol. The third-order valence-corrected chi connectivity index (χ3v) is 4.80. The van der Waals surface area contributed by atoms with Crippen molar-refractivity contribution >= 4 is 6.03 Å². The molecule has 0 unspecified atom stereocenters. The van der Waals surface area contributed by atoms with E-state index in [1.54, 1.807) is 6.20 Å². The molecule has 25 heavy (non-hydrogen) atoms. The Labute approximate surface area is 147 Å². The predicted octanol–water partition coefficient (Wildman–Crippen LogP) is 2.84. The molecule has 5 heteroatoms. The van der Waals surface area contributed by atoms with Gasteiger partial charge in [-0.1, -0.05) is 24.3 Å². The Hall–Kier alpha value is -2.56. The number of amides is 2. The third kappa shape index (κ3) is 4.29. The second-order valence-corrected chi connectivity index (χ2v) is 6.96. The van der Waals surface area contributed by atoms with Crippen LogP contribution in [0.15, 0.2) is 42.6 Å². The molecule has 2 aliphatic rings. The van der Waals surface area contributed by atoms with Crippen LogP contribution in [0.1, 0.15) is 29.5 Å². The van der Waals surface area contributed by atoms with Crippen LogP contribution in [0.2, 0.25) is 0 Å². The number of urea groups is 1. The number of benzene rings is 1. The fourth-order valence-corrected chi connectivity index (χ4v) is 3.21. The molecule has 130 valence electrons. The van der Waals surface area contributed by atoms with Crippen molar-refractivity contribution in [3.63, 3.8) is 0 Å². The van der Waals surface area contributed by atoms with Crippen molar-refractivity contribution in [3.05, 3.63) is 59.3 Å². The molecule has 2 aliphatic carbocycles. The summed E-state index contributed by atoms with van der Waals surface area (Å²) < 4.78 is 5.68. The minimum absolute atomic E-state index is 0.130. The second kappa shape index (κ2) is 7.13. The van der Waals surface area contributed by atoms with E-state index in [4.69, 9.17) is 4.74 Å². The molecule has 5 nitrogen and oxygen atoms in total. The molecule has 1 heterocycles. The number of rotatable bonds is 6. The molecular formula is C20H23N3O2. The molecule has 1 saturated carbocycles. The number of pyridine rings is 1. The summed E-state index contributed by atoms with van der Waals surface area (Å²) >= 11 is 0. The van der Waals surface area contributed by atoms with Crippen molar-refractivity contribution in [2.45, 2.75) is 38.3 Å². The highest BCUT2D eigenvalue weighted by Crippen LogP contribution is 2.29. The van der Waals surface area contributed by atoms with Gasteiger partial charge in [0.1, 0.15) is 0 Å². The van der Waals surface area contributed by atoms with Crippen LogP contribution < -0.4 is 15.4 Å². The molecule has 0 aliphatic heterocycles. The number of nitrogens with one attached hydrogen (secondary N) is 2. The normalized spacial score (nSPS) is 16.3. The monoisotopic (exact) mass is 337 g/mol. The van der Waals surface area contributed by atoms with Crippen molar-refractivity contribution in [1.29, 1.82) is 0 Å². The van der Waals surface area contributed by atoms with E-state index in [9.17, 15) is 4.79 Å². The first-order valence-corrected chi connectivity index (χ1v) is 8.95. The van der Waals surface area contributed by atoms with Crippen molar-refractivity contribution < 1.29 is 9.53 Å². The largest absolute Gasteiger partial charge is 0.477 e. The van der Waals surface area contributed by atoms with Gasteiger partial charge >= 0.3 is 6.03 Å². The molecule has 2 aromatic rings. The van der Waals surface area contributed by atoms with Gasteiger partial charge in [-0.2, -0.15) is 0 Å². The number of nitrogens with zero attached hydrogens (tertiary/aromatic N) is 1. The Balaban J connectivity index is 1.24. The predicted molar refractivity (Wildman–Crippen MR) is 95.5 cm³/mol. The summed E-state index contributed by atoms with van der Waals surface area (Å²) in [4.78, 5) is 16.4. The van der Waals surface area contributed by atoms with Gasteiger partial charge in [-0.25, -0.2) is 9.78 Å². The van der Waals surface area contributed by atoms with Gasteiger partial charge in [0.05, 0.1) is 6.61 Å². The summed E-state index contributed by atoms with van der Waals surface area (Å²) in [7, 11) is 0. The van der Waals surface area contributed by atoms with Gasteiger partial charge in [-0.3, -0.25) is 0 Å². The highest BCUT2D eigenvalue weighted by atomic mass is 16.5. The summed E-state index contributed by atoms with van der Waals surface area (Å²) in [6.45, 7) is 1.21. The smallest absolute Gasteiger partial charge is 0.315 e. The molecule has 1 aromatic carbocycles. The number of fused-ring (bicyclic) bond motifs is 1. The summed E-state index contributed by atoms with van der Waals surface area (Å²) in [5, 5.41) is 5.99. The molecule has 2 N–H and O–H groups in total. The number of carbonyl (C=O) groups is 1. The van der Waals surface area contributed by atoms with Crippen LogP contribution in [0.5, 0.6) is 5.88 Å². The molecule has 2 amide bonds. The standard InChI is InChI=1S/C20H23N3O2/c24-20(23-18-10-16-3-1-2-4-17(16)11-18)22-12-15-7-8-21-19(9-15)25-13-14-5-6-14/h1-4,7-9,14,18H,5-6,10-13H2,(H2,22,23,24). The SMILES string of the molecule is O=C(NCc1ccnc(OCC2CC2)c1)NC1Cc2ccccc2C1. The topological polar surface area (TPSA) is 63.2 Å². The minimum atomic E-state index is -0.130. The van der Waals surface area contributed by atoms with Gasteiger partial charge in [0.25, 0.3) is 0 Å². The molecule has 0 atom stereocenters. The Morgan fingerprint density at radius 1 is 1.16 bits per heavy atom. The summed E-state index contributed by atoms with van der Waals surface area (Å²) in [6, 6.07) is 12.2. The van der Waals surface area contributed by atoms with Crippen LogP contribution in [-0.2, 0) is 19.4 Å². The number of hydrogen-bond acceptors (Lipinski definition) is 3. The zero-order valence-electron chi connectivity index (χ0n) is 14.2. The van der Waals surface area contributed by atoms with Crippen LogP contribution in [0.25, 0.3) is 0 Å². The number of hydrogen-bond donors (Lipinski definition) is 2. The maximum Gasteiger partial charge on any atom is 0.315 e. The zero-order valence-corrected chi connectivity index (χ0v) is 14.2. The van der Waals surface area contributed by atoms with Gasteiger partial charge in [0.15, 0.2) is 0 Å². The average molecular weight is 337 g/mol. The first-order valence-electron chi connectivity index (χ1n) is 8.95. The molecule has 0 radical (unpaired) electrons. The quantitative estimate of drug-likeness (QED) is 0.852. The van der Waals surface area contributed by atoms with Crippen LogP contribution in [0.3, 0.4) is 0 Å². The van der Waals surface area contributed by atoms with E-state index in [0.29, 0.717) is 18.3 Å². The first-order chi connectivity index (χ1) is 12.3. The summed E-state index contributed by atoms with van der Waals surface area (Å²) in [5.74, 6) is 1.34. The fourth-order valence-electron chi connectivity index (χ4n) is 3.21. The first kappa shape index (κ1) is 15.9. The van der Waals surface area contributed by atoms with Crippen molar-refractivity contribution in [2.24, 2.45) is 5.92 Å². The lowest BCUT2D eigenvalue weighted by Gasteiger charge is -2.13. The van der Waals surface area contributed by atoms with Gasteiger partial charge in [-0.05, 0) is 54.4 Å². The Bertz CT molecular complexity index is 733. The average Bonchev–Trinajstić information content (AvgIpc) is 3.37. The van der Waals surface area contributed by atoms with Crippen LogP contribution in [-0.4, -0.2) is 23.7 Å². The maximum absolute atomic E-state index is 12.2. The van der Waals surface area contributed by atoms with E-state index in [1.807, 2.05) is 24.3 Å². The van der Waals surface area contributed by atoms with Crippen LogP contribution >= 0.6 is 0 Å². The Kier molecular flexibility index (Phi) is 4.55. The third-order valence-electron chi connectivity index (χ3n) is 4.80. The number of carbonyl (C=O) groups excluding carboxylic acids is 1. The Morgan fingerprint density at radius 3 is 2.64 bits per heavy atom. The highest BCUT2D eigenvalue weighted by molar-refractivity contribution is 5.74. The van der Waals surface area contributed by atoms with Crippen molar-refractivity contribution in [2.75, 3.05) is 6.61 Å². The second-order valence-electron chi connectivity index (χ2n) is 6.96. The number of ether oxygens (including phenoxy) is 1. The van der Waals surface area contributed by atoms with E-state index in [1.165, 1.54) is 24.0 Å². The lowest BCUT2D eigenvalue weighted by Crippen LogP contribution is -2.42. The highest BCUT2D eigenvalue weighted by Gasteiger charge is 2.23. The van der Waals surface area contributed by atoms with Crippen molar-refractivity contribution in [1.82, 2.24) is 15.6 Å². The van der Waals surface area contributed by atoms with Crippen LogP contribution in [0.4, 0.5) is 4.79 Å². The lowest BCUT2D eigenvalue weighted by atomic mass is 10.1. The minimum Gasteiger partial charge on any atom is -0.477 e. The zero-order chi connectivity index (χ0) is 17.1. The summed E-state index contributed by atoms with van der Waals surface area (Å²) in [5.41, 5.74) is 3.66. The molecule has 4 rings (SSSR count). The lowest BCUT2D eigenvalue weighted by molar-refractivity contribution is 0.237. The molecule has 0 spiro atoms. The van der Waals surface area contributed by atoms with Gasteiger partial charge in [0, 0.05) is 24.8 Å². The molecule has 0 saturated heterocycles. The molecule has 0 bridgehead atoms. The van der Waals surface area contributed by atoms with E-state index in [-0.39, 0.29) is 12.1 Å². The maximum atomic E-state index is 12.2. The van der Waals surface area contributed by atoms with Gasteiger partial charge in [-0.15, -0.1) is 0 Å². The van der Waals surface area contributed by atoms with E-state index in [2.05, 4.69) is 27.8 Å². The fraction of sp³-hybridized carbons (Fsp3) is 0.400. The van der Waals surface area contributed by atoms with Gasteiger partial charge < -0.3 is 15.4 Å². The Morgan fingerprint density at radius 2 is 1.92 bits per heavy atom. The van der Waals surface area contributed by atoms with Crippen LogP contribution in [0, 0.1) is 5.92 Å². The molecule has 1 fully saturated rings. The van der Waals surface area contributed by atoms with E-state index < -0.39 is 0 Å². The van der Waals surface area contributed by atoms with Gasteiger partial charge in [0.2, 0.25) is 5.88 Å². The van der Waals surface area contributed by atoms with E-state index in [0.717, 1.165) is 25.0 Å².